The SMILES string of the molecule is OC[C@H](O)Cn1ccc2cc(Nc3ncc(Br)c(Nc4ccc(F)cc4)n3)ccc21. The highest BCUT2D eigenvalue weighted by molar-refractivity contribution is 9.10. The van der Waals surface area contributed by atoms with Crippen LogP contribution < -0.4 is 10.6 Å². The maximum atomic E-state index is 13.1. The summed E-state index contributed by atoms with van der Waals surface area (Å²) in [6.45, 7) is 0.0372. The number of rotatable bonds is 7. The summed E-state index contributed by atoms with van der Waals surface area (Å²) in [5.41, 5.74) is 2.45. The molecular formula is C21H19BrFN5O2. The van der Waals surface area contributed by atoms with Gasteiger partial charge in [-0.25, -0.2) is 9.37 Å². The molecule has 7 nitrogen and oxygen atoms in total. The topological polar surface area (TPSA) is 95.2 Å². The van der Waals surface area contributed by atoms with E-state index in [-0.39, 0.29) is 12.4 Å². The number of halogens is 2. The highest BCUT2D eigenvalue weighted by atomic mass is 79.9. The predicted molar refractivity (Wildman–Crippen MR) is 118 cm³/mol. The van der Waals surface area contributed by atoms with Crippen molar-refractivity contribution in [3.8, 4) is 0 Å². The van der Waals surface area contributed by atoms with Crippen molar-refractivity contribution in [3.63, 3.8) is 0 Å². The van der Waals surface area contributed by atoms with Crippen LogP contribution >= 0.6 is 15.9 Å². The van der Waals surface area contributed by atoms with E-state index in [0.29, 0.717) is 28.5 Å². The zero-order chi connectivity index (χ0) is 21.1. The molecule has 4 aromatic rings. The van der Waals surface area contributed by atoms with Crippen LogP contribution in [0.1, 0.15) is 0 Å². The average Bonchev–Trinajstić information content (AvgIpc) is 3.14. The van der Waals surface area contributed by atoms with E-state index in [1.54, 1.807) is 18.3 Å². The molecular weight excluding hydrogens is 453 g/mol. The van der Waals surface area contributed by atoms with Gasteiger partial charge in [0.1, 0.15) is 11.6 Å². The molecule has 0 aliphatic carbocycles. The second-order valence-electron chi connectivity index (χ2n) is 6.73. The molecule has 4 N–H and O–H groups in total. The lowest BCUT2D eigenvalue weighted by molar-refractivity contribution is 0.0822. The molecule has 9 heteroatoms. The molecule has 0 bridgehead atoms. The lowest BCUT2D eigenvalue weighted by atomic mass is 10.2. The second-order valence-corrected chi connectivity index (χ2v) is 7.58. The smallest absolute Gasteiger partial charge is 0.229 e. The van der Waals surface area contributed by atoms with Crippen molar-refractivity contribution in [3.05, 3.63) is 71.2 Å². The number of aliphatic hydroxyl groups is 2. The first-order valence-electron chi connectivity index (χ1n) is 9.22. The molecule has 0 radical (unpaired) electrons. The molecule has 0 fully saturated rings. The Balaban J connectivity index is 1.53. The average molecular weight is 472 g/mol. The Kier molecular flexibility index (Phi) is 5.93. The minimum Gasteiger partial charge on any atom is -0.394 e. The quantitative estimate of drug-likeness (QED) is 0.323. The van der Waals surface area contributed by atoms with Gasteiger partial charge in [-0.05, 0) is 64.5 Å². The Morgan fingerprint density at radius 2 is 1.83 bits per heavy atom. The molecule has 1 atom stereocenters. The summed E-state index contributed by atoms with van der Waals surface area (Å²) in [4.78, 5) is 8.77. The molecule has 0 saturated heterocycles. The minimum absolute atomic E-state index is 0.283. The second kappa shape index (κ2) is 8.78. The van der Waals surface area contributed by atoms with Gasteiger partial charge in [-0.3, -0.25) is 0 Å². The van der Waals surface area contributed by atoms with Gasteiger partial charge in [-0.2, -0.15) is 4.98 Å². The molecule has 0 spiro atoms. The van der Waals surface area contributed by atoms with E-state index in [1.807, 2.05) is 35.0 Å². The molecule has 2 aromatic heterocycles. The van der Waals surface area contributed by atoms with Gasteiger partial charge < -0.3 is 25.4 Å². The molecule has 0 aliphatic rings. The van der Waals surface area contributed by atoms with Crippen molar-refractivity contribution in [2.75, 3.05) is 17.2 Å². The standard InChI is InChI=1S/C21H19BrFN5O2/c22-18-10-24-21(27-20(18)25-15-3-1-14(23)2-4-15)26-16-5-6-19-13(9-16)7-8-28(19)11-17(30)12-29/h1-10,17,29-30H,11-12H2,(H2,24,25,26,27)/t17-/m1/s1. The lowest BCUT2D eigenvalue weighted by Gasteiger charge is -2.11. The third kappa shape index (κ3) is 4.59. The zero-order valence-corrected chi connectivity index (χ0v) is 17.3. The lowest BCUT2D eigenvalue weighted by Crippen LogP contribution is -2.19. The Labute approximate surface area is 180 Å². The molecule has 2 aromatic carbocycles. The first-order valence-corrected chi connectivity index (χ1v) is 10.0. The number of benzene rings is 2. The predicted octanol–water partition coefficient (Wildman–Crippen LogP) is 4.17. The van der Waals surface area contributed by atoms with Crippen LogP contribution in [-0.2, 0) is 6.54 Å². The highest BCUT2D eigenvalue weighted by Gasteiger charge is 2.09. The zero-order valence-electron chi connectivity index (χ0n) is 15.8. The summed E-state index contributed by atoms with van der Waals surface area (Å²) < 4.78 is 15.7. The summed E-state index contributed by atoms with van der Waals surface area (Å²) in [5.74, 6) is 0.640. The summed E-state index contributed by atoms with van der Waals surface area (Å²) in [6.07, 6.45) is 2.70. The number of nitrogens with one attached hydrogen (secondary N) is 2. The van der Waals surface area contributed by atoms with Crippen LogP contribution in [0.2, 0.25) is 0 Å². The molecule has 0 unspecified atom stereocenters. The van der Waals surface area contributed by atoms with E-state index >= 15 is 0 Å². The molecule has 30 heavy (non-hydrogen) atoms. The van der Waals surface area contributed by atoms with E-state index in [2.05, 4.69) is 36.5 Å². The normalized spacial score (nSPS) is 12.1. The summed E-state index contributed by atoms with van der Waals surface area (Å²) in [6, 6.07) is 13.7. The number of hydrogen-bond acceptors (Lipinski definition) is 6. The van der Waals surface area contributed by atoms with E-state index in [1.165, 1.54) is 12.1 Å². The van der Waals surface area contributed by atoms with Crippen LogP contribution in [0.3, 0.4) is 0 Å². The molecule has 0 amide bonds. The monoisotopic (exact) mass is 471 g/mol. The van der Waals surface area contributed by atoms with Gasteiger partial charge >= 0.3 is 0 Å². The van der Waals surface area contributed by atoms with E-state index in [9.17, 15) is 9.50 Å². The van der Waals surface area contributed by atoms with Crippen LogP contribution in [0.4, 0.5) is 27.5 Å². The Bertz CT molecular complexity index is 1170. The molecule has 2 heterocycles. The van der Waals surface area contributed by atoms with Crippen molar-refractivity contribution < 1.29 is 14.6 Å². The fourth-order valence-corrected chi connectivity index (χ4v) is 3.33. The van der Waals surface area contributed by atoms with Gasteiger partial charge in [0.25, 0.3) is 0 Å². The van der Waals surface area contributed by atoms with Gasteiger partial charge in [-0.15, -0.1) is 0 Å². The number of fused-ring (bicyclic) bond motifs is 1. The largest absolute Gasteiger partial charge is 0.394 e. The maximum Gasteiger partial charge on any atom is 0.229 e. The van der Waals surface area contributed by atoms with E-state index in [4.69, 9.17) is 5.11 Å². The summed E-state index contributed by atoms with van der Waals surface area (Å²) in [5, 5.41) is 26.0. The van der Waals surface area contributed by atoms with Crippen LogP contribution in [0, 0.1) is 5.82 Å². The van der Waals surface area contributed by atoms with Crippen molar-refractivity contribution in [1.29, 1.82) is 0 Å². The van der Waals surface area contributed by atoms with Crippen LogP contribution in [0.5, 0.6) is 0 Å². The fourth-order valence-electron chi connectivity index (χ4n) is 3.04. The summed E-state index contributed by atoms with van der Waals surface area (Å²) in [7, 11) is 0. The number of aliphatic hydroxyl groups excluding tert-OH is 2. The number of anilines is 4. The van der Waals surface area contributed by atoms with Gasteiger partial charge in [0, 0.05) is 34.7 Å². The molecule has 154 valence electrons. The van der Waals surface area contributed by atoms with E-state index < -0.39 is 6.10 Å². The Morgan fingerprint density at radius 1 is 1.07 bits per heavy atom. The number of nitrogens with zero attached hydrogens (tertiary/aromatic N) is 3. The Morgan fingerprint density at radius 3 is 2.60 bits per heavy atom. The minimum atomic E-state index is -0.804. The summed E-state index contributed by atoms with van der Waals surface area (Å²) >= 11 is 3.42. The van der Waals surface area contributed by atoms with Crippen molar-refractivity contribution >= 4 is 50.0 Å². The van der Waals surface area contributed by atoms with Gasteiger partial charge in [-0.1, -0.05) is 0 Å². The van der Waals surface area contributed by atoms with Gasteiger partial charge in [0.2, 0.25) is 5.95 Å². The molecule has 0 saturated carbocycles. The first kappa shape index (κ1) is 20.3. The Hall–Kier alpha value is -3.01. The number of hydrogen-bond donors (Lipinski definition) is 4. The van der Waals surface area contributed by atoms with Crippen LogP contribution in [0.25, 0.3) is 10.9 Å². The van der Waals surface area contributed by atoms with Gasteiger partial charge in [0.15, 0.2) is 0 Å². The number of aromatic nitrogens is 3. The first-order chi connectivity index (χ1) is 14.5. The van der Waals surface area contributed by atoms with Crippen molar-refractivity contribution in [2.24, 2.45) is 0 Å². The third-order valence-corrected chi connectivity index (χ3v) is 5.08. The van der Waals surface area contributed by atoms with Crippen molar-refractivity contribution in [1.82, 2.24) is 14.5 Å². The van der Waals surface area contributed by atoms with Gasteiger partial charge in [0.05, 0.1) is 23.7 Å². The van der Waals surface area contributed by atoms with Crippen LogP contribution in [-0.4, -0.2) is 37.5 Å². The third-order valence-electron chi connectivity index (χ3n) is 4.50. The van der Waals surface area contributed by atoms with Crippen LogP contribution in [0.15, 0.2) is 65.4 Å². The molecule has 0 aliphatic heterocycles. The fraction of sp³-hybridized carbons (Fsp3) is 0.143. The highest BCUT2D eigenvalue weighted by Crippen LogP contribution is 2.27. The van der Waals surface area contributed by atoms with E-state index in [0.717, 1.165) is 16.6 Å². The van der Waals surface area contributed by atoms with Crippen molar-refractivity contribution in [2.45, 2.75) is 12.6 Å². The maximum absolute atomic E-state index is 13.1. The molecule has 4 rings (SSSR count).